The number of thiophene rings is 1. The minimum Gasteiger partial charge on any atom is -0.415 e. The first kappa shape index (κ1) is 19.5. The standard InChI is InChI=1S/C28H19N3OS/c1-2-10-22(11-3-1)31(25-13-6-9-20-8-4-5-12-24(20)25)23-17-15-21(16-18-23)27-29-30-28(32-27)26-14-7-19-33-26/h1-19H. The first-order valence-electron chi connectivity index (χ1n) is 10.7. The summed E-state index contributed by atoms with van der Waals surface area (Å²) in [6.07, 6.45) is 0. The second kappa shape index (κ2) is 8.37. The Hall–Kier alpha value is -4.22. The van der Waals surface area contributed by atoms with Gasteiger partial charge in [0.05, 0.1) is 10.6 Å². The molecule has 0 aliphatic carbocycles. The monoisotopic (exact) mass is 445 g/mol. The molecule has 0 aliphatic heterocycles. The van der Waals surface area contributed by atoms with Gasteiger partial charge in [-0.3, -0.25) is 0 Å². The maximum absolute atomic E-state index is 5.92. The van der Waals surface area contributed by atoms with Crippen LogP contribution in [-0.2, 0) is 0 Å². The van der Waals surface area contributed by atoms with Crippen molar-refractivity contribution in [3.8, 4) is 22.2 Å². The smallest absolute Gasteiger partial charge is 0.258 e. The van der Waals surface area contributed by atoms with Crippen molar-refractivity contribution in [2.24, 2.45) is 0 Å². The number of benzene rings is 4. The molecule has 0 unspecified atom stereocenters. The van der Waals surface area contributed by atoms with E-state index in [-0.39, 0.29) is 0 Å². The molecule has 0 amide bonds. The fraction of sp³-hybridized carbons (Fsp3) is 0. The minimum absolute atomic E-state index is 0.515. The van der Waals surface area contributed by atoms with E-state index >= 15 is 0 Å². The van der Waals surface area contributed by atoms with Gasteiger partial charge in [-0.15, -0.1) is 21.5 Å². The molecule has 0 saturated carbocycles. The van der Waals surface area contributed by atoms with Crippen molar-refractivity contribution in [1.29, 1.82) is 0 Å². The van der Waals surface area contributed by atoms with Gasteiger partial charge in [0.2, 0.25) is 5.89 Å². The third-order valence-corrected chi connectivity index (χ3v) is 6.41. The molecule has 158 valence electrons. The number of anilines is 3. The molecule has 0 radical (unpaired) electrons. The molecule has 33 heavy (non-hydrogen) atoms. The van der Waals surface area contributed by atoms with Gasteiger partial charge >= 0.3 is 0 Å². The van der Waals surface area contributed by atoms with Gasteiger partial charge < -0.3 is 9.32 Å². The number of aromatic nitrogens is 2. The summed E-state index contributed by atoms with van der Waals surface area (Å²) in [5.74, 6) is 1.06. The van der Waals surface area contributed by atoms with Crippen LogP contribution in [-0.4, -0.2) is 10.2 Å². The molecule has 0 atom stereocenters. The zero-order valence-electron chi connectivity index (χ0n) is 17.6. The van der Waals surface area contributed by atoms with Crippen LogP contribution in [0.5, 0.6) is 0 Å². The van der Waals surface area contributed by atoms with Gasteiger partial charge in [-0.1, -0.05) is 60.7 Å². The zero-order valence-corrected chi connectivity index (χ0v) is 18.4. The summed E-state index contributed by atoms with van der Waals surface area (Å²) < 4.78 is 5.92. The Morgan fingerprint density at radius 2 is 1.33 bits per heavy atom. The number of rotatable bonds is 5. The van der Waals surface area contributed by atoms with Gasteiger partial charge in [-0.05, 0) is 59.3 Å². The molecule has 0 saturated heterocycles. The number of nitrogens with zero attached hydrogens (tertiary/aromatic N) is 3. The number of fused-ring (bicyclic) bond motifs is 1. The SMILES string of the molecule is c1ccc(N(c2ccc(-c3nnc(-c4cccs4)o3)cc2)c2cccc3ccccc23)cc1. The lowest BCUT2D eigenvalue weighted by molar-refractivity contribution is 0.586. The van der Waals surface area contributed by atoms with Crippen LogP contribution >= 0.6 is 11.3 Å². The fourth-order valence-corrected chi connectivity index (χ4v) is 4.64. The molecule has 0 aliphatic rings. The van der Waals surface area contributed by atoms with E-state index in [1.807, 2.05) is 35.7 Å². The molecule has 0 fully saturated rings. The van der Waals surface area contributed by atoms with Crippen molar-refractivity contribution < 1.29 is 4.42 Å². The van der Waals surface area contributed by atoms with Crippen molar-refractivity contribution in [2.75, 3.05) is 4.90 Å². The molecule has 4 nitrogen and oxygen atoms in total. The summed E-state index contributed by atoms with van der Waals surface area (Å²) in [5, 5.41) is 12.9. The molecule has 5 heteroatoms. The van der Waals surface area contributed by atoms with Crippen LogP contribution in [0, 0.1) is 0 Å². The molecule has 6 rings (SSSR count). The van der Waals surface area contributed by atoms with Crippen LogP contribution in [0.1, 0.15) is 0 Å². The molecule has 6 aromatic rings. The van der Waals surface area contributed by atoms with Crippen LogP contribution in [0.15, 0.2) is 119 Å². The fourth-order valence-electron chi connectivity index (χ4n) is 4.00. The van der Waals surface area contributed by atoms with E-state index in [1.165, 1.54) is 10.8 Å². The Kier molecular flexibility index (Phi) is 4.94. The number of hydrogen-bond donors (Lipinski definition) is 0. The van der Waals surface area contributed by atoms with E-state index in [2.05, 4.69) is 94.0 Å². The van der Waals surface area contributed by atoms with E-state index in [4.69, 9.17) is 4.42 Å². The summed E-state index contributed by atoms with van der Waals surface area (Å²) in [6, 6.07) is 37.5. The van der Waals surface area contributed by atoms with E-state index in [0.29, 0.717) is 11.8 Å². The van der Waals surface area contributed by atoms with Crippen molar-refractivity contribution >= 4 is 39.2 Å². The Balaban J connectivity index is 1.42. The highest BCUT2D eigenvalue weighted by molar-refractivity contribution is 7.13. The number of para-hydroxylation sites is 1. The lowest BCUT2D eigenvalue weighted by atomic mass is 10.1. The zero-order chi connectivity index (χ0) is 22.0. The van der Waals surface area contributed by atoms with Crippen LogP contribution in [0.3, 0.4) is 0 Å². The lowest BCUT2D eigenvalue weighted by Crippen LogP contribution is -2.10. The van der Waals surface area contributed by atoms with E-state index in [1.54, 1.807) is 11.3 Å². The highest BCUT2D eigenvalue weighted by Gasteiger charge is 2.16. The Morgan fingerprint density at radius 1 is 0.606 bits per heavy atom. The molecular weight excluding hydrogens is 426 g/mol. The topological polar surface area (TPSA) is 42.2 Å². The first-order valence-corrected chi connectivity index (χ1v) is 11.6. The van der Waals surface area contributed by atoms with Crippen LogP contribution < -0.4 is 4.90 Å². The predicted octanol–water partition coefficient (Wildman–Crippen LogP) is 8.09. The first-order chi connectivity index (χ1) is 16.4. The van der Waals surface area contributed by atoms with Gasteiger partial charge in [0.15, 0.2) is 0 Å². The largest absolute Gasteiger partial charge is 0.415 e. The average Bonchev–Trinajstić information content (AvgIpc) is 3.58. The van der Waals surface area contributed by atoms with Crippen LogP contribution in [0.4, 0.5) is 17.1 Å². The summed E-state index contributed by atoms with van der Waals surface area (Å²) >= 11 is 1.58. The summed E-state index contributed by atoms with van der Waals surface area (Å²) in [4.78, 5) is 3.24. The summed E-state index contributed by atoms with van der Waals surface area (Å²) in [7, 11) is 0. The molecular formula is C28H19N3OS. The predicted molar refractivity (Wildman–Crippen MR) is 135 cm³/mol. The van der Waals surface area contributed by atoms with Crippen molar-refractivity contribution in [2.45, 2.75) is 0 Å². The molecule has 0 N–H and O–H groups in total. The van der Waals surface area contributed by atoms with Gasteiger partial charge in [0, 0.05) is 22.3 Å². The maximum atomic E-state index is 5.92. The lowest BCUT2D eigenvalue weighted by Gasteiger charge is -2.27. The van der Waals surface area contributed by atoms with Crippen molar-refractivity contribution in [1.82, 2.24) is 10.2 Å². The summed E-state index contributed by atoms with van der Waals surface area (Å²) in [6.45, 7) is 0. The second-order valence-corrected chi connectivity index (χ2v) is 8.55. The maximum Gasteiger partial charge on any atom is 0.258 e. The van der Waals surface area contributed by atoms with E-state index in [0.717, 1.165) is 27.5 Å². The molecule has 2 heterocycles. The van der Waals surface area contributed by atoms with E-state index in [9.17, 15) is 0 Å². The molecule has 0 bridgehead atoms. The van der Waals surface area contributed by atoms with Crippen molar-refractivity contribution in [3.63, 3.8) is 0 Å². The van der Waals surface area contributed by atoms with Crippen LogP contribution in [0.2, 0.25) is 0 Å². The second-order valence-electron chi connectivity index (χ2n) is 7.61. The Morgan fingerprint density at radius 3 is 2.15 bits per heavy atom. The van der Waals surface area contributed by atoms with Gasteiger partial charge in [-0.25, -0.2) is 0 Å². The Bertz CT molecular complexity index is 1500. The van der Waals surface area contributed by atoms with E-state index < -0.39 is 0 Å². The third kappa shape index (κ3) is 3.69. The third-order valence-electron chi connectivity index (χ3n) is 5.55. The quantitative estimate of drug-likeness (QED) is 0.269. The number of hydrogen-bond acceptors (Lipinski definition) is 5. The average molecular weight is 446 g/mol. The molecule has 2 aromatic heterocycles. The normalized spacial score (nSPS) is 11.0. The molecule has 4 aromatic carbocycles. The van der Waals surface area contributed by atoms with Gasteiger partial charge in [-0.2, -0.15) is 0 Å². The Labute approximate surface area is 195 Å². The summed E-state index contributed by atoms with van der Waals surface area (Å²) in [5.41, 5.74) is 4.17. The van der Waals surface area contributed by atoms with Crippen molar-refractivity contribution in [3.05, 3.63) is 115 Å². The molecule has 0 spiro atoms. The highest BCUT2D eigenvalue weighted by atomic mass is 32.1. The van der Waals surface area contributed by atoms with Gasteiger partial charge in [0.25, 0.3) is 5.89 Å². The van der Waals surface area contributed by atoms with Crippen LogP contribution in [0.25, 0.3) is 33.0 Å². The highest BCUT2D eigenvalue weighted by Crippen LogP contribution is 2.39. The van der Waals surface area contributed by atoms with Gasteiger partial charge in [0.1, 0.15) is 0 Å². The minimum atomic E-state index is 0.515.